The molecule has 1 rings (SSSR count). The zero-order chi connectivity index (χ0) is 12.4. The molecule has 16 heavy (non-hydrogen) atoms. The number of hydrogen-bond acceptors (Lipinski definition) is 4. The third-order valence-corrected chi connectivity index (χ3v) is 3.48. The van der Waals surface area contributed by atoms with Gasteiger partial charge in [0.2, 0.25) is 0 Å². The molecule has 0 aromatic carbocycles. The number of rotatable bonds is 4. The van der Waals surface area contributed by atoms with Gasteiger partial charge in [-0.05, 0) is 32.4 Å². The Morgan fingerprint density at radius 3 is 2.56 bits per heavy atom. The summed E-state index contributed by atoms with van der Waals surface area (Å²) in [7, 11) is 3.24. The van der Waals surface area contributed by atoms with Gasteiger partial charge in [0.25, 0.3) is 0 Å². The quantitative estimate of drug-likeness (QED) is 0.725. The zero-order valence-electron chi connectivity index (χ0n) is 11.1. The van der Waals surface area contributed by atoms with Gasteiger partial charge >= 0.3 is 5.97 Å². The van der Waals surface area contributed by atoms with Crippen LogP contribution in [0.15, 0.2) is 0 Å². The predicted octanol–water partition coefficient (Wildman–Crippen LogP) is 0.869. The first kappa shape index (κ1) is 13.5. The van der Waals surface area contributed by atoms with Crippen molar-refractivity contribution in [1.29, 1.82) is 0 Å². The van der Waals surface area contributed by atoms with Gasteiger partial charge in [-0.3, -0.25) is 4.79 Å². The van der Waals surface area contributed by atoms with Gasteiger partial charge in [0.1, 0.15) is 5.54 Å². The lowest BCUT2D eigenvalue weighted by Gasteiger charge is -2.31. The Balaban J connectivity index is 2.61. The third-order valence-electron chi connectivity index (χ3n) is 3.48. The van der Waals surface area contributed by atoms with Crippen LogP contribution in [0.5, 0.6) is 0 Å². The smallest absolute Gasteiger partial charge is 0.327 e. The van der Waals surface area contributed by atoms with Crippen LogP contribution < -0.4 is 5.32 Å². The molecule has 0 spiro atoms. The molecule has 0 bridgehead atoms. The zero-order valence-corrected chi connectivity index (χ0v) is 11.1. The normalized spacial score (nSPS) is 24.1. The van der Waals surface area contributed by atoms with Crippen LogP contribution in [-0.2, 0) is 9.53 Å². The first-order valence-electron chi connectivity index (χ1n) is 5.83. The highest BCUT2D eigenvalue weighted by Crippen LogP contribution is 2.29. The molecule has 1 atom stereocenters. The third kappa shape index (κ3) is 2.95. The fraction of sp³-hybridized carbons (Fsp3) is 0.917. The fourth-order valence-corrected chi connectivity index (χ4v) is 2.28. The summed E-state index contributed by atoms with van der Waals surface area (Å²) in [6.07, 6.45) is 1.19. The van der Waals surface area contributed by atoms with Crippen molar-refractivity contribution in [3.63, 3.8) is 0 Å². The van der Waals surface area contributed by atoms with E-state index in [4.69, 9.17) is 4.74 Å². The van der Waals surface area contributed by atoms with Crippen molar-refractivity contribution in [2.45, 2.75) is 32.7 Å². The minimum atomic E-state index is -0.602. The van der Waals surface area contributed by atoms with Crippen molar-refractivity contribution in [2.75, 3.05) is 33.8 Å². The van der Waals surface area contributed by atoms with Gasteiger partial charge in [-0.25, -0.2) is 0 Å². The van der Waals surface area contributed by atoms with Gasteiger partial charge in [-0.2, -0.15) is 0 Å². The minimum absolute atomic E-state index is 0.195. The number of esters is 1. The monoisotopic (exact) mass is 228 g/mol. The molecule has 0 aromatic rings. The van der Waals surface area contributed by atoms with Crippen molar-refractivity contribution in [1.82, 2.24) is 10.2 Å². The van der Waals surface area contributed by atoms with E-state index in [2.05, 4.69) is 24.1 Å². The molecular formula is C12H24N2O2. The van der Waals surface area contributed by atoms with Crippen molar-refractivity contribution in [2.24, 2.45) is 5.41 Å². The Morgan fingerprint density at radius 2 is 2.19 bits per heavy atom. The lowest BCUT2D eigenvalue weighted by atomic mass is 9.93. The standard InChI is InChI=1S/C12H24N2O2/c1-11(2)6-7-14(8-11)9-12(3,13-4)10(15)16-5/h13H,6-9H2,1-5H3. The molecule has 1 aliphatic heterocycles. The molecule has 0 aliphatic carbocycles. The molecule has 1 fully saturated rings. The maximum atomic E-state index is 11.7. The largest absolute Gasteiger partial charge is 0.468 e. The van der Waals surface area contributed by atoms with E-state index in [0.29, 0.717) is 12.0 Å². The average molecular weight is 228 g/mol. The number of methoxy groups -OCH3 is 1. The molecule has 4 nitrogen and oxygen atoms in total. The van der Waals surface area contributed by atoms with E-state index >= 15 is 0 Å². The summed E-state index contributed by atoms with van der Waals surface area (Å²) in [6.45, 7) is 9.23. The molecule has 1 unspecified atom stereocenters. The second-order valence-electron chi connectivity index (χ2n) is 5.70. The second kappa shape index (κ2) is 4.72. The summed E-state index contributed by atoms with van der Waals surface area (Å²) in [5.41, 5.74) is -0.236. The number of carbonyl (C=O) groups excluding carboxylic acids is 1. The van der Waals surface area contributed by atoms with Crippen LogP contribution in [0.4, 0.5) is 0 Å². The number of hydrogen-bond donors (Lipinski definition) is 1. The molecule has 0 aromatic heterocycles. The van der Waals surface area contributed by atoms with Crippen LogP contribution >= 0.6 is 0 Å². The van der Waals surface area contributed by atoms with E-state index in [1.165, 1.54) is 13.5 Å². The van der Waals surface area contributed by atoms with Gasteiger partial charge in [0, 0.05) is 13.1 Å². The van der Waals surface area contributed by atoms with Gasteiger partial charge in [-0.15, -0.1) is 0 Å². The Hall–Kier alpha value is -0.610. The van der Waals surface area contributed by atoms with Crippen molar-refractivity contribution >= 4 is 5.97 Å². The Kier molecular flexibility index (Phi) is 3.97. The summed E-state index contributed by atoms with van der Waals surface area (Å²) < 4.78 is 4.84. The molecule has 1 N–H and O–H groups in total. The van der Waals surface area contributed by atoms with Gasteiger partial charge < -0.3 is 15.0 Å². The van der Waals surface area contributed by atoms with Crippen LogP contribution in [0, 0.1) is 5.41 Å². The van der Waals surface area contributed by atoms with Crippen LogP contribution in [-0.4, -0.2) is 50.2 Å². The van der Waals surface area contributed by atoms with E-state index in [1.54, 1.807) is 7.05 Å². The average Bonchev–Trinajstić information content (AvgIpc) is 2.56. The van der Waals surface area contributed by atoms with Crippen molar-refractivity contribution in [3.05, 3.63) is 0 Å². The van der Waals surface area contributed by atoms with E-state index in [-0.39, 0.29) is 5.97 Å². The number of nitrogens with zero attached hydrogens (tertiary/aromatic N) is 1. The van der Waals surface area contributed by atoms with Crippen molar-refractivity contribution < 1.29 is 9.53 Å². The highest BCUT2D eigenvalue weighted by Gasteiger charge is 2.38. The molecule has 94 valence electrons. The molecule has 0 amide bonds. The number of nitrogens with one attached hydrogen (secondary N) is 1. The van der Waals surface area contributed by atoms with E-state index in [1.807, 2.05) is 6.92 Å². The molecule has 1 heterocycles. The number of carbonyl (C=O) groups is 1. The van der Waals surface area contributed by atoms with Crippen LogP contribution in [0.1, 0.15) is 27.2 Å². The fourth-order valence-electron chi connectivity index (χ4n) is 2.28. The molecule has 1 aliphatic rings. The lowest BCUT2D eigenvalue weighted by molar-refractivity contribution is -0.148. The summed E-state index contributed by atoms with van der Waals surface area (Å²) in [5, 5.41) is 3.07. The summed E-state index contributed by atoms with van der Waals surface area (Å²) in [6, 6.07) is 0. The maximum absolute atomic E-state index is 11.7. The molecule has 0 saturated carbocycles. The highest BCUT2D eigenvalue weighted by atomic mass is 16.5. The summed E-state index contributed by atoms with van der Waals surface area (Å²) >= 11 is 0. The van der Waals surface area contributed by atoms with Gasteiger partial charge in [-0.1, -0.05) is 13.8 Å². The van der Waals surface area contributed by atoms with E-state index < -0.39 is 5.54 Å². The number of likely N-dealkylation sites (N-methyl/N-ethyl adjacent to an activating group) is 1. The first-order chi connectivity index (χ1) is 7.33. The Morgan fingerprint density at radius 1 is 1.56 bits per heavy atom. The lowest BCUT2D eigenvalue weighted by Crippen LogP contribution is -2.55. The Bertz CT molecular complexity index is 266. The molecular weight excluding hydrogens is 204 g/mol. The SMILES string of the molecule is CNC(C)(CN1CCC(C)(C)C1)C(=O)OC. The minimum Gasteiger partial charge on any atom is -0.468 e. The second-order valence-corrected chi connectivity index (χ2v) is 5.70. The predicted molar refractivity (Wildman–Crippen MR) is 64.3 cm³/mol. The number of ether oxygens (including phenoxy) is 1. The highest BCUT2D eigenvalue weighted by molar-refractivity contribution is 5.80. The van der Waals surface area contributed by atoms with E-state index in [9.17, 15) is 4.79 Å². The maximum Gasteiger partial charge on any atom is 0.327 e. The summed E-state index contributed by atoms with van der Waals surface area (Å²) in [5.74, 6) is -0.195. The molecule has 4 heteroatoms. The first-order valence-corrected chi connectivity index (χ1v) is 5.83. The Labute approximate surface area is 98.3 Å². The summed E-state index contributed by atoms with van der Waals surface area (Å²) in [4.78, 5) is 14.0. The van der Waals surface area contributed by atoms with Crippen LogP contribution in [0.2, 0.25) is 0 Å². The van der Waals surface area contributed by atoms with Gasteiger partial charge in [0.15, 0.2) is 0 Å². The van der Waals surface area contributed by atoms with Crippen LogP contribution in [0.3, 0.4) is 0 Å². The van der Waals surface area contributed by atoms with E-state index in [0.717, 1.165) is 13.1 Å². The van der Waals surface area contributed by atoms with Crippen LogP contribution in [0.25, 0.3) is 0 Å². The molecule has 0 radical (unpaired) electrons. The molecule has 1 saturated heterocycles. The van der Waals surface area contributed by atoms with Gasteiger partial charge in [0.05, 0.1) is 7.11 Å². The topological polar surface area (TPSA) is 41.6 Å². The number of likely N-dealkylation sites (tertiary alicyclic amines) is 1. The van der Waals surface area contributed by atoms with Crippen molar-refractivity contribution in [3.8, 4) is 0 Å².